The zero-order valence-electron chi connectivity index (χ0n) is 17.5. The molecule has 2 amide bonds. The number of fused-ring (bicyclic) bond motifs is 1. The van der Waals surface area contributed by atoms with Crippen molar-refractivity contribution >= 4 is 34.5 Å². The van der Waals surface area contributed by atoms with Crippen molar-refractivity contribution in [1.82, 2.24) is 24.6 Å². The predicted molar refractivity (Wildman–Crippen MR) is 120 cm³/mol. The van der Waals surface area contributed by atoms with Crippen molar-refractivity contribution in [2.75, 3.05) is 13.6 Å². The first-order chi connectivity index (χ1) is 15.1. The summed E-state index contributed by atoms with van der Waals surface area (Å²) in [6, 6.07) is 1.99. The Hall–Kier alpha value is -2.52. The summed E-state index contributed by atoms with van der Waals surface area (Å²) in [5, 5.41) is 10.7. The van der Waals surface area contributed by atoms with E-state index in [1.165, 1.54) is 24.2 Å². The normalized spacial score (nSPS) is 15.7. The molecule has 5 rings (SSSR count). The summed E-state index contributed by atoms with van der Waals surface area (Å²) in [6.07, 6.45) is 3.61. The van der Waals surface area contributed by atoms with Crippen LogP contribution in [0, 0.1) is 5.92 Å². The van der Waals surface area contributed by atoms with E-state index in [1.807, 2.05) is 31.8 Å². The maximum Gasteiger partial charge on any atom is 0.274 e. The molecular weight excluding hydrogens is 430 g/mol. The maximum atomic E-state index is 13.3. The summed E-state index contributed by atoms with van der Waals surface area (Å²) in [5.74, 6) is 0.664. The molecule has 162 valence electrons. The van der Waals surface area contributed by atoms with E-state index >= 15 is 0 Å². The van der Waals surface area contributed by atoms with E-state index in [-0.39, 0.29) is 11.8 Å². The van der Waals surface area contributed by atoms with Crippen LogP contribution >= 0.6 is 22.7 Å². The van der Waals surface area contributed by atoms with Crippen molar-refractivity contribution < 1.29 is 9.59 Å². The second-order valence-corrected chi connectivity index (χ2v) is 9.91. The molecule has 0 spiro atoms. The smallest absolute Gasteiger partial charge is 0.274 e. The van der Waals surface area contributed by atoms with Gasteiger partial charge in [0, 0.05) is 49.7 Å². The van der Waals surface area contributed by atoms with Gasteiger partial charge in [0.15, 0.2) is 5.69 Å². The van der Waals surface area contributed by atoms with Crippen molar-refractivity contribution in [3.63, 3.8) is 0 Å². The lowest BCUT2D eigenvalue weighted by molar-refractivity contribution is -0.131. The Morgan fingerprint density at radius 3 is 2.84 bits per heavy atom. The van der Waals surface area contributed by atoms with Crippen LogP contribution in [0.5, 0.6) is 0 Å². The van der Waals surface area contributed by atoms with Crippen molar-refractivity contribution in [2.45, 2.75) is 45.3 Å². The highest BCUT2D eigenvalue weighted by Gasteiger charge is 2.33. The molecule has 9 heteroatoms. The Kier molecular flexibility index (Phi) is 5.62. The number of hydrogen-bond donors (Lipinski definition) is 0. The van der Waals surface area contributed by atoms with Gasteiger partial charge in [0.1, 0.15) is 0 Å². The molecule has 1 aliphatic carbocycles. The number of hydrogen-bond acceptors (Lipinski definition) is 6. The van der Waals surface area contributed by atoms with Crippen molar-refractivity contribution in [3.05, 3.63) is 55.9 Å². The van der Waals surface area contributed by atoms with Crippen molar-refractivity contribution in [2.24, 2.45) is 5.92 Å². The molecular formula is C22H25N5O2S2. The first-order valence-corrected chi connectivity index (χ1v) is 12.5. The van der Waals surface area contributed by atoms with Crippen LogP contribution in [-0.2, 0) is 37.3 Å². The van der Waals surface area contributed by atoms with E-state index in [4.69, 9.17) is 5.10 Å². The fraction of sp³-hybridized carbons (Fsp3) is 0.455. The van der Waals surface area contributed by atoms with Gasteiger partial charge >= 0.3 is 0 Å². The SMILES string of the molecule is CN(Cc1cscn1)C(=O)c1nn(CC2CC2)c2c1CN(C(=O)Cc1ccsc1)CC2. The third-order valence-electron chi connectivity index (χ3n) is 5.98. The molecule has 0 aromatic carbocycles. The summed E-state index contributed by atoms with van der Waals surface area (Å²) < 4.78 is 2.04. The fourth-order valence-corrected chi connectivity index (χ4v) is 5.28. The molecule has 4 heterocycles. The van der Waals surface area contributed by atoms with Crippen LogP contribution in [0.1, 0.15) is 45.8 Å². The molecule has 3 aromatic rings. The molecule has 7 nitrogen and oxygen atoms in total. The van der Waals surface area contributed by atoms with E-state index < -0.39 is 0 Å². The van der Waals surface area contributed by atoms with Crippen molar-refractivity contribution in [1.29, 1.82) is 0 Å². The fourth-order valence-electron chi connectivity index (χ4n) is 4.06. The first-order valence-electron chi connectivity index (χ1n) is 10.6. The third kappa shape index (κ3) is 4.43. The Bertz CT molecular complexity index is 1070. The van der Waals surface area contributed by atoms with Crippen LogP contribution in [0.3, 0.4) is 0 Å². The first kappa shape index (κ1) is 20.4. The van der Waals surface area contributed by atoms with Gasteiger partial charge in [-0.1, -0.05) is 0 Å². The highest BCUT2D eigenvalue weighted by molar-refractivity contribution is 7.08. The van der Waals surface area contributed by atoms with Gasteiger partial charge in [-0.3, -0.25) is 14.3 Å². The quantitative estimate of drug-likeness (QED) is 0.549. The molecule has 1 aliphatic heterocycles. The number of rotatable bonds is 7. The highest BCUT2D eigenvalue weighted by Crippen LogP contribution is 2.33. The van der Waals surface area contributed by atoms with Crippen molar-refractivity contribution in [3.8, 4) is 0 Å². The largest absolute Gasteiger partial charge is 0.338 e. The second kappa shape index (κ2) is 8.55. The van der Waals surface area contributed by atoms with Gasteiger partial charge in [0.2, 0.25) is 5.91 Å². The van der Waals surface area contributed by atoms with Gasteiger partial charge in [0.05, 0.1) is 24.2 Å². The molecule has 2 aliphatic rings. The highest BCUT2D eigenvalue weighted by atomic mass is 32.1. The number of thiophene rings is 1. The van der Waals surface area contributed by atoms with Gasteiger partial charge in [-0.15, -0.1) is 11.3 Å². The average molecular weight is 456 g/mol. The summed E-state index contributed by atoms with van der Waals surface area (Å²) in [7, 11) is 1.79. The molecule has 0 unspecified atom stereocenters. The van der Waals surface area contributed by atoms with Crippen LogP contribution < -0.4 is 0 Å². The predicted octanol–water partition coefficient (Wildman–Crippen LogP) is 3.21. The summed E-state index contributed by atoms with van der Waals surface area (Å²) in [5.41, 5.74) is 6.22. The minimum absolute atomic E-state index is 0.105. The van der Waals surface area contributed by atoms with E-state index in [2.05, 4.69) is 4.98 Å². The molecule has 0 radical (unpaired) electrons. The molecule has 0 bridgehead atoms. The number of carbonyl (C=O) groups is 2. The number of thiazole rings is 1. The molecule has 0 N–H and O–H groups in total. The number of carbonyl (C=O) groups excluding carboxylic acids is 2. The summed E-state index contributed by atoms with van der Waals surface area (Å²) >= 11 is 3.13. The molecule has 0 saturated heterocycles. The topological polar surface area (TPSA) is 71.3 Å². The minimum atomic E-state index is -0.106. The van der Waals surface area contributed by atoms with E-state index in [1.54, 1.807) is 28.8 Å². The number of aromatic nitrogens is 3. The maximum absolute atomic E-state index is 13.3. The molecule has 3 aromatic heterocycles. The van der Waals surface area contributed by atoms with E-state index in [9.17, 15) is 9.59 Å². The van der Waals surface area contributed by atoms with Crippen LogP contribution in [0.25, 0.3) is 0 Å². The minimum Gasteiger partial charge on any atom is -0.338 e. The molecule has 0 atom stereocenters. The Morgan fingerprint density at radius 1 is 1.26 bits per heavy atom. The van der Waals surface area contributed by atoms with Crippen LogP contribution in [0.4, 0.5) is 0 Å². The molecule has 31 heavy (non-hydrogen) atoms. The Balaban J connectivity index is 1.38. The third-order valence-corrected chi connectivity index (χ3v) is 7.35. The van der Waals surface area contributed by atoms with Crippen LogP contribution in [-0.4, -0.2) is 50.0 Å². The van der Waals surface area contributed by atoms with Crippen LogP contribution in [0.15, 0.2) is 27.7 Å². The van der Waals surface area contributed by atoms with Gasteiger partial charge < -0.3 is 9.80 Å². The Morgan fingerprint density at radius 2 is 2.13 bits per heavy atom. The van der Waals surface area contributed by atoms with Gasteiger partial charge in [-0.25, -0.2) is 4.98 Å². The lowest BCUT2D eigenvalue weighted by Crippen LogP contribution is -2.38. The lowest BCUT2D eigenvalue weighted by atomic mass is 10.0. The molecule has 1 fully saturated rings. The zero-order valence-corrected chi connectivity index (χ0v) is 19.1. The standard InChI is InChI=1S/C22H25N5O2S2/c1-25(10-17-13-31-14-23-17)22(29)21-18-11-26(20(28)8-16-5-7-30-12-16)6-4-19(18)27(24-21)9-15-2-3-15/h5,7,12-15H,2-4,6,8-11H2,1H3. The number of amides is 2. The van der Waals surface area contributed by atoms with Crippen LogP contribution in [0.2, 0.25) is 0 Å². The van der Waals surface area contributed by atoms with E-state index in [0.717, 1.165) is 35.5 Å². The second-order valence-electron chi connectivity index (χ2n) is 8.41. The van der Waals surface area contributed by atoms with Gasteiger partial charge in [0.25, 0.3) is 5.91 Å². The monoisotopic (exact) mass is 455 g/mol. The Labute approximate surface area is 189 Å². The van der Waals surface area contributed by atoms with Gasteiger partial charge in [-0.2, -0.15) is 16.4 Å². The average Bonchev–Trinajstić information content (AvgIpc) is 3.14. The molecule has 1 saturated carbocycles. The zero-order chi connectivity index (χ0) is 21.4. The summed E-state index contributed by atoms with van der Waals surface area (Å²) in [6.45, 7) is 2.45. The number of nitrogens with zero attached hydrogens (tertiary/aromatic N) is 5. The summed E-state index contributed by atoms with van der Waals surface area (Å²) in [4.78, 5) is 34.0. The van der Waals surface area contributed by atoms with E-state index in [0.29, 0.717) is 37.7 Å². The lowest BCUT2D eigenvalue weighted by Gasteiger charge is -2.28. The van der Waals surface area contributed by atoms with Gasteiger partial charge in [-0.05, 0) is 41.1 Å².